The molecule has 3 aromatic rings. The highest BCUT2D eigenvalue weighted by Gasteiger charge is 2.08. The van der Waals surface area contributed by atoms with Crippen LogP contribution in [0.5, 0.6) is 0 Å². The van der Waals surface area contributed by atoms with E-state index in [0.29, 0.717) is 11.3 Å². The van der Waals surface area contributed by atoms with E-state index in [4.69, 9.17) is 0 Å². The number of sulfone groups is 1. The molecule has 2 aromatic heterocycles. The lowest BCUT2D eigenvalue weighted by atomic mass is 10.1. The molecular weight excluding hydrogens is 354 g/mol. The fourth-order valence-electron chi connectivity index (χ4n) is 2.24. The zero-order valence-corrected chi connectivity index (χ0v) is 15.0. The molecule has 0 aliphatic carbocycles. The molecular formula is C19H15NO3S2. The van der Waals surface area contributed by atoms with Crippen LogP contribution in [0.25, 0.3) is 17.3 Å². The van der Waals surface area contributed by atoms with Gasteiger partial charge in [-0.05, 0) is 60.0 Å². The molecule has 0 unspecified atom stereocenters. The largest absolute Gasteiger partial charge is 0.289 e. The molecule has 25 heavy (non-hydrogen) atoms. The topological polar surface area (TPSA) is 64.1 Å². The number of carbonyl (C=O) groups excluding carboxylic acids is 1. The van der Waals surface area contributed by atoms with Crippen LogP contribution in [0.2, 0.25) is 0 Å². The predicted octanol–water partition coefficient (Wildman–Crippen LogP) is 4.11. The maximum absolute atomic E-state index is 12.2. The predicted molar refractivity (Wildman–Crippen MR) is 100 cm³/mol. The van der Waals surface area contributed by atoms with Gasteiger partial charge in [0.2, 0.25) is 0 Å². The fraction of sp³-hybridized carbons (Fsp3) is 0.0526. The zero-order valence-electron chi connectivity index (χ0n) is 13.4. The molecule has 1 aromatic carbocycles. The summed E-state index contributed by atoms with van der Waals surface area (Å²) in [4.78, 5) is 16.9. The Hall–Kier alpha value is -2.57. The van der Waals surface area contributed by atoms with E-state index < -0.39 is 9.84 Å². The summed E-state index contributed by atoms with van der Waals surface area (Å²) in [5.41, 5.74) is 3.01. The van der Waals surface area contributed by atoms with E-state index in [1.54, 1.807) is 17.4 Å². The highest BCUT2D eigenvalue weighted by Crippen LogP contribution is 2.20. The Morgan fingerprint density at radius 2 is 1.84 bits per heavy atom. The van der Waals surface area contributed by atoms with Crippen LogP contribution in [0.1, 0.15) is 16.1 Å². The van der Waals surface area contributed by atoms with Gasteiger partial charge in [-0.2, -0.15) is 11.3 Å². The number of pyridine rings is 1. The van der Waals surface area contributed by atoms with Crippen molar-refractivity contribution in [3.63, 3.8) is 0 Å². The minimum absolute atomic E-state index is 0.193. The van der Waals surface area contributed by atoms with Gasteiger partial charge in [-0.3, -0.25) is 4.79 Å². The van der Waals surface area contributed by atoms with Crippen LogP contribution in [-0.4, -0.2) is 25.4 Å². The minimum Gasteiger partial charge on any atom is -0.289 e. The number of carbonyl (C=O) groups is 1. The van der Waals surface area contributed by atoms with E-state index in [2.05, 4.69) is 4.98 Å². The summed E-state index contributed by atoms with van der Waals surface area (Å²) < 4.78 is 22.9. The molecule has 0 aliphatic heterocycles. The highest BCUT2D eigenvalue weighted by molar-refractivity contribution is 7.90. The Bertz CT molecular complexity index is 1020. The molecule has 0 saturated carbocycles. The fourth-order valence-corrected chi connectivity index (χ4v) is 3.52. The molecule has 6 heteroatoms. The number of aromatic nitrogens is 1. The van der Waals surface area contributed by atoms with Crippen LogP contribution >= 0.6 is 11.3 Å². The average molecular weight is 369 g/mol. The van der Waals surface area contributed by atoms with E-state index in [0.717, 1.165) is 17.5 Å². The second kappa shape index (κ2) is 7.13. The molecule has 4 nitrogen and oxygen atoms in total. The van der Waals surface area contributed by atoms with Crippen LogP contribution in [-0.2, 0) is 9.84 Å². The third-order valence-corrected chi connectivity index (χ3v) is 5.37. The van der Waals surface area contributed by atoms with Crippen LogP contribution in [0.4, 0.5) is 0 Å². The summed E-state index contributed by atoms with van der Waals surface area (Å²) in [6.07, 6.45) is 4.23. The first-order valence-corrected chi connectivity index (χ1v) is 10.3. The van der Waals surface area contributed by atoms with Crippen LogP contribution in [0.3, 0.4) is 0 Å². The lowest BCUT2D eigenvalue weighted by Gasteiger charge is -2.01. The number of nitrogens with zero attached hydrogens (tertiary/aromatic N) is 1. The number of thiophene rings is 1. The van der Waals surface area contributed by atoms with Crippen LogP contribution in [0.15, 0.2) is 70.3 Å². The molecule has 0 spiro atoms. The van der Waals surface area contributed by atoms with E-state index in [9.17, 15) is 13.2 Å². The van der Waals surface area contributed by atoms with Gasteiger partial charge < -0.3 is 0 Å². The van der Waals surface area contributed by atoms with Gasteiger partial charge in [0, 0.05) is 22.8 Å². The van der Waals surface area contributed by atoms with Gasteiger partial charge in [0.1, 0.15) is 0 Å². The van der Waals surface area contributed by atoms with Crippen LogP contribution < -0.4 is 0 Å². The molecule has 0 bridgehead atoms. The van der Waals surface area contributed by atoms with Crippen molar-refractivity contribution in [3.8, 4) is 11.3 Å². The SMILES string of the molecule is CS(=O)(=O)c1ccc(C(=O)/C=C/c2cccc(-c3ccsc3)n2)cc1. The summed E-state index contributed by atoms with van der Waals surface area (Å²) in [5, 5.41) is 4.01. The number of rotatable bonds is 5. The van der Waals surface area contributed by atoms with E-state index in [-0.39, 0.29) is 10.7 Å². The van der Waals surface area contributed by atoms with Gasteiger partial charge in [0.05, 0.1) is 16.3 Å². The van der Waals surface area contributed by atoms with Crippen molar-refractivity contribution in [2.75, 3.05) is 6.26 Å². The molecule has 2 heterocycles. The Kier molecular flexibility index (Phi) is 4.92. The lowest BCUT2D eigenvalue weighted by molar-refractivity contribution is 0.104. The second-order valence-electron chi connectivity index (χ2n) is 5.45. The van der Waals surface area contributed by atoms with Gasteiger partial charge in [-0.15, -0.1) is 0 Å². The Balaban J connectivity index is 1.78. The van der Waals surface area contributed by atoms with Crippen molar-refractivity contribution in [2.45, 2.75) is 4.90 Å². The molecule has 0 atom stereocenters. The minimum atomic E-state index is -3.27. The summed E-state index contributed by atoms with van der Waals surface area (Å²) in [6.45, 7) is 0. The molecule has 126 valence electrons. The van der Waals surface area contributed by atoms with Crippen LogP contribution in [0, 0.1) is 0 Å². The van der Waals surface area contributed by atoms with Gasteiger partial charge in [-0.1, -0.05) is 6.07 Å². The number of hydrogen-bond acceptors (Lipinski definition) is 5. The molecule has 0 radical (unpaired) electrons. The number of allylic oxidation sites excluding steroid dienone is 1. The first-order chi connectivity index (χ1) is 11.9. The van der Waals surface area contributed by atoms with Crippen molar-refractivity contribution >= 4 is 33.0 Å². The van der Waals surface area contributed by atoms with Crippen molar-refractivity contribution in [1.82, 2.24) is 4.98 Å². The van der Waals surface area contributed by atoms with Crippen molar-refractivity contribution in [3.05, 3.63) is 76.6 Å². The Labute approximate surface area is 150 Å². The lowest BCUT2D eigenvalue weighted by Crippen LogP contribution is -1.99. The van der Waals surface area contributed by atoms with Gasteiger partial charge in [0.25, 0.3) is 0 Å². The summed E-state index contributed by atoms with van der Waals surface area (Å²) in [5.74, 6) is -0.206. The highest BCUT2D eigenvalue weighted by atomic mass is 32.2. The smallest absolute Gasteiger partial charge is 0.185 e. The Morgan fingerprint density at radius 3 is 2.48 bits per heavy atom. The van der Waals surface area contributed by atoms with E-state index in [1.165, 1.54) is 30.3 Å². The number of hydrogen-bond donors (Lipinski definition) is 0. The molecule has 3 rings (SSSR count). The third kappa shape index (κ3) is 4.29. The van der Waals surface area contributed by atoms with Crippen molar-refractivity contribution < 1.29 is 13.2 Å². The number of ketones is 1. The molecule has 0 aliphatic rings. The molecule has 0 saturated heterocycles. The first-order valence-electron chi connectivity index (χ1n) is 7.46. The summed E-state index contributed by atoms with van der Waals surface area (Å²) in [6, 6.07) is 13.5. The van der Waals surface area contributed by atoms with Gasteiger partial charge >= 0.3 is 0 Å². The van der Waals surface area contributed by atoms with Crippen molar-refractivity contribution in [1.29, 1.82) is 0 Å². The number of benzene rings is 1. The Morgan fingerprint density at radius 1 is 1.08 bits per heavy atom. The van der Waals surface area contributed by atoms with Gasteiger partial charge in [-0.25, -0.2) is 13.4 Å². The van der Waals surface area contributed by atoms with Gasteiger partial charge in [0.15, 0.2) is 15.6 Å². The molecule has 0 fully saturated rings. The third-order valence-electron chi connectivity index (χ3n) is 3.56. The summed E-state index contributed by atoms with van der Waals surface area (Å²) >= 11 is 1.60. The normalized spacial score (nSPS) is 11.7. The first kappa shape index (κ1) is 17.3. The molecule has 0 amide bonds. The molecule has 0 N–H and O–H groups in total. The zero-order chi connectivity index (χ0) is 17.9. The van der Waals surface area contributed by atoms with E-state index >= 15 is 0 Å². The average Bonchev–Trinajstić information content (AvgIpc) is 3.14. The quantitative estimate of drug-likeness (QED) is 0.501. The maximum Gasteiger partial charge on any atom is 0.185 e. The van der Waals surface area contributed by atoms with Crippen molar-refractivity contribution in [2.24, 2.45) is 0 Å². The standard InChI is InChI=1S/C19H15NO3S2/c1-25(22,23)17-8-5-14(6-9-17)19(21)10-7-16-3-2-4-18(20-16)15-11-12-24-13-15/h2-13H,1H3/b10-7+. The maximum atomic E-state index is 12.2. The summed E-state index contributed by atoms with van der Waals surface area (Å²) in [7, 11) is -3.27. The second-order valence-corrected chi connectivity index (χ2v) is 8.25. The monoisotopic (exact) mass is 369 g/mol. The van der Waals surface area contributed by atoms with E-state index in [1.807, 2.05) is 35.0 Å².